The van der Waals surface area contributed by atoms with Gasteiger partial charge in [0.25, 0.3) is 11.1 Å². The Bertz CT molecular complexity index is 1050. The molecule has 1 heterocycles. The number of nitrogens with zero attached hydrogens (tertiary/aromatic N) is 1. The lowest BCUT2D eigenvalue weighted by molar-refractivity contribution is -0.127. The van der Waals surface area contributed by atoms with Crippen LogP contribution in [0.25, 0.3) is 6.08 Å². The minimum atomic E-state index is -0.515. The number of methoxy groups -OCH3 is 1. The molecule has 0 radical (unpaired) electrons. The van der Waals surface area contributed by atoms with E-state index in [1.54, 1.807) is 55.7 Å². The van der Waals surface area contributed by atoms with Gasteiger partial charge in [-0.25, -0.2) is 0 Å². The number of rotatable bonds is 10. The monoisotopic (exact) mass is 470 g/mol. The molecular formula is C24H26N2O6S. The number of benzene rings is 2. The van der Waals surface area contributed by atoms with Crippen molar-refractivity contribution >= 4 is 40.6 Å². The van der Waals surface area contributed by atoms with E-state index < -0.39 is 17.1 Å². The van der Waals surface area contributed by atoms with E-state index in [9.17, 15) is 14.4 Å². The van der Waals surface area contributed by atoms with Gasteiger partial charge in [-0.15, -0.1) is 0 Å². The zero-order valence-corrected chi connectivity index (χ0v) is 19.6. The molecule has 8 nitrogen and oxygen atoms in total. The van der Waals surface area contributed by atoms with Crippen LogP contribution in [0.5, 0.6) is 17.2 Å². The predicted molar refractivity (Wildman–Crippen MR) is 128 cm³/mol. The fraction of sp³-hybridized carbons (Fsp3) is 0.292. The second-order valence-electron chi connectivity index (χ2n) is 7.03. The van der Waals surface area contributed by atoms with Crippen LogP contribution >= 0.6 is 11.8 Å². The number of imide groups is 1. The van der Waals surface area contributed by atoms with Gasteiger partial charge in [0.05, 0.1) is 25.2 Å². The molecule has 33 heavy (non-hydrogen) atoms. The molecule has 0 atom stereocenters. The fourth-order valence-electron chi connectivity index (χ4n) is 3.02. The van der Waals surface area contributed by atoms with E-state index in [-0.39, 0.29) is 11.4 Å². The number of carbonyl (C=O) groups excluding carboxylic acids is 3. The van der Waals surface area contributed by atoms with Gasteiger partial charge >= 0.3 is 0 Å². The standard InChI is InChI=1S/C24H26N2O6S/c1-4-12-32-19-11-6-16(13-20(19)31-5-2)14-21-23(28)26(24(29)33-21)15-22(27)25-17-7-9-18(30-3)10-8-17/h6-11,13-14H,4-5,12,15H2,1-3H3,(H,25,27)/b21-14-. The second kappa shape index (κ2) is 11.4. The lowest BCUT2D eigenvalue weighted by atomic mass is 10.2. The smallest absolute Gasteiger partial charge is 0.294 e. The molecular weight excluding hydrogens is 444 g/mol. The fourth-order valence-corrected chi connectivity index (χ4v) is 3.86. The topological polar surface area (TPSA) is 94.2 Å². The van der Waals surface area contributed by atoms with Crippen LogP contribution in [0.15, 0.2) is 47.4 Å². The Hall–Kier alpha value is -3.46. The summed E-state index contributed by atoms with van der Waals surface area (Å²) in [5.74, 6) is 0.859. The number of hydrogen-bond acceptors (Lipinski definition) is 7. The average molecular weight is 471 g/mol. The summed E-state index contributed by atoms with van der Waals surface area (Å²) < 4.78 is 16.4. The lowest BCUT2D eigenvalue weighted by Crippen LogP contribution is -2.36. The van der Waals surface area contributed by atoms with Crippen molar-refractivity contribution in [2.45, 2.75) is 20.3 Å². The summed E-state index contributed by atoms with van der Waals surface area (Å²) in [6.45, 7) is 4.55. The molecule has 0 saturated carbocycles. The summed E-state index contributed by atoms with van der Waals surface area (Å²) in [7, 11) is 1.55. The van der Waals surface area contributed by atoms with Crippen LogP contribution in [0.1, 0.15) is 25.8 Å². The predicted octanol–water partition coefficient (Wildman–Crippen LogP) is 4.56. The lowest BCUT2D eigenvalue weighted by Gasteiger charge is -2.13. The highest BCUT2D eigenvalue weighted by Gasteiger charge is 2.36. The molecule has 1 fully saturated rings. The second-order valence-corrected chi connectivity index (χ2v) is 8.03. The molecule has 3 amide bonds. The summed E-state index contributed by atoms with van der Waals surface area (Å²) in [6, 6.07) is 12.1. The number of thioether (sulfide) groups is 1. The Morgan fingerprint density at radius 3 is 2.48 bits per heavy atom. The molecule has 0 bridgehead atoms. The van der Waals surface area contributed by atoms with E-state index in [4.69, 9.17) is 14.2 Å². The summed E-state index contributed by atoms with van der Waals surface area (Å²) >= 11 is 0.797. The maximum Gasteiger partial charge on any atom is 0.294 e. The summed E-state index contributed by atoms with van der Waals surface area (Å²) in [5.41, 5.74) is 1.23. The van der Waals surface area contributed by atoms with Gasteiger partial charge in [0.2, 0.25) is 5.91 Å². The molecule has 1 saturated heterocycles. The zero-order chi connectivity index (χ0) is 23.8. The average Bonchev–Trinajstić information content (AvgIpc) is 3.06. The summed E-state index contributed by atoms with van der Waals surface area (Å²) in [5, 5.41) is 2.17. The summed E-state index contributed by atoms with van der Waals surface area (Å²) in [6.07, 6.45) is 2.48. The van der Waals surface area contributed by atoms with Gasteiger partial charge in [0, 0.05) is 5.69 Å². The van der Waals surface area contributed by atoms with Gasteiger partial charge in [0.15, 0.2) is 11.5 Å². The SMILES string of the molecule is CCCOc1ccc(/C=C2\SC(=O)N(CC(=O)Nc3ccc(OC)cc3)C2=O)cc1OCC. The Morgan fingerprint density at radius 2 is 1.82 bits per heavy atom. The molecule has 1 aliphatic rings. The van der Waals surface area contributed by atoms with Gasteiger partial charge in [0.1, 0.15) is 12.3 Å². The quantitative estimate of drug-likeness (QED) is 0.509. The maximum atomic E-state index is 12.8. The van der Waals surface area contributed by atoms with E-state index in [0.29, 0.717) is 41.7 Å². The molecule has 1 aliphatic heterocycles. The first-order valence-corrected chi connectivity index (χ1v) is 11.4. The van der Waals surface area contributed by atoms with Crippen molar-refractivity contribution in [3.63, 3.8) is 0 Å². The van der Waals surface area contributed by atoms with E-state index in [2.05, 4.69) is 5.32 Å². The van der Waals surface area contributed by atoms with Crippen LogP contribution in [0.3, 0.4) is 0 Å². The highest BCUT2D eigenvalue weighted by Crippen LogP contribution is 2.34. The van der Waals surface area contributed by atoms with Gasteiger partial charge in [-0.05, 0) is 73.1 Å². The molecule has 9 heteroatoms. The normalized spacial score (nSPS) is 14.5. The number of ether oxygens (including phenoxy) is 3. The van der Waals surface area contributed by atoms with E-state index in [0.717, 1.165) is 23.1 Å². The highest BCUT2D eigenvalue weighted by molar-refractivity contribution is 8.18. The van der Waals surface area contributed by atoms with Crippen LogP contribution < -0.4 is 19.5 Å². The van der Waals surface area contributed by atoms with Gasteiger partial charge in [-0.3, -0.25) is 19.3 Å². The molecule has 2 aromatic rings. The molecule has 1 N–H and O–H groups in total. The van der Waals surface area contributed by atoms with Crippen LogP contribution in [0.2, 0.25) is 0 Å². The third-order valence-corrected chi connectivity index (χ3v) is 5.48. The zero-order valence-electron chi connectivity index (χ0n) is 18.8. The van der Waals surface area contributed by atoms with Crippen molar-refractivity contribution < 1.29 is 28.6 Å². The van der Waals surface area contributed by atoms with Crippen molar-refractivity contribution in [1.29, 1.82) is 0 Å². The summed E-state index contributed by atoms with van der Waals surface area (Å²) in [4.78, 5) is 38.7. The molecule has 0 unspecified atom stereocenters. The first-order chi connectivity index (χ1) is 15.9. The van der Waals surface area contributed by atoms with Crippen molar-refractivity contribution in [3.8, 4) is 17.2 Å². The van der Waals surface area contributed by atoms with Gasteiger partial charge < -0.3 is 19.5 Å². The van der Waals surface area contributed by atoms with Crippen LogP contribution in [-0.4, -0.2) is 48.8 Å². The van der Waals surface area contributed by atoms with Gasteiger partial charge in [-0.1, -0.05) is 13.0 Å². The van der Waals surface area contributed by atoms with Crippen molar-refractivity contribution in [2.24, 2.45) is 0 Å². The molecule has 3 rings (SSSR count). The maximum absolute atomic E-state index is 12.8. The Balaban J connectivity index is 1.69. The van der Waals surface area contributed by atoms with Crippen molar-refractivity contribution in [3.05, 3.63) is 52.9 Å². The first kappa shape index (κ1) is 24.2. The van der Waals surface area contributed by atoms with Crippen LogP contribution in [0.4, 0.5) is 10.5 Å². The van der Waals surface area contributed by atoms with Crippen LogP contribution in [-0.2, 0) is 9.59 Å². The minimum Gasteiger partial charge on any atom is -0.497 e. The minimum absolute atomic E-state index is 0.238. The Kier molecular flexibility index (Phi) is 8.37. The Morgan fingerprint density at radius 1 is 1.06 bits per heavy atom. The molecule has 0 aromatic heterocycles. The third-order valence-electron chi connectivity index (χ3n) is 4.58. The first-order valence-electron chi connectivity index (χ1n) is 10.5. The molecule has 2 aromatic carbocycles. The Labute approximate surface area is 196 Å². The molecule has 0 aliphatic carbocycles. The number of hydrogen-bond donors (Lipinski definition) is 1. The van der Waals surface area contributed by atoms with E-state index >= 15 is 0 Å². The van der Waals surface area contributed by atoms with E-state index in [1.807, 2.05) is 13.8 Å². The third kappa shape index (κ3) is 6.29. The van der Waals surface area contributed by atoms with E-state index in [1.165, 1.54) is 0 Å². The number of anilines is 1. The van der Waals surface area contributed by atoms with Crippen molar-refractivity contribution in [2.75, 3.05) is 32.2 Å². The van der Waals surface area contributed by atoms with Crippen molar-refractivity contribution in [1.82, 2.24) is 4.90 Å². The number of amides is 3. The molecule has 174 valence electrons. The van der Waals surface area contributed by atoms with Gasteiger partial charge in [-0.2, -0.15) is 0 Å². The number of nitrogens with one attached hydrogen (secondary N) is 1. The number of carbonyl (C=O) groups is 3. The molecule has 0 spiro atoms. The highest BCUT2D eigenvalue weighted by atomic mass is 32.2. The van der Waals surface area contributed by atoms with Crippen LogP contribution in [0, 0.1) is 0 Å². The largest absolute Gasteiger partial charge is 0.497 e.